The summed E-state index contributed by atoms with van der Waals surface area (Å²) in [6, 6.07) is 0. The molecule has 6 nitrogen and oxygen atoms in total. The van der Waals surface area contributed by atoms with Gasteiger partial charge >= 0.3 is 11.9 Å². The number of hydrogen-bond donors (Lipinski definition) is 2. The van der Waals surface area contributed by atoms with Crippen LogP contribution in [-0.2, 0) is 19.4 Å². The summed E-state index contributed by atoms with van der Waals surface area (Å²) in [4.78, 5) is 33.7. The number of unbranched alkanes of at least 4 members (excludes halogenated alkanes) is 2. The molecular weight excluding hydrogens is 288 g/mol. The molecule has 0 radical (unpaired) electrons. The third-order valence-corrected chi connectivity index (χ3v) is 4.15. The van der Waals surface area contributed by atoms with E-state index in [0.29, 0.717) is 25.7 Å². The Hall–Kier alpha value is -1.14. The first-order valence-electron chi connectivity index (χ1n) is 8.17. The third-order valence-electron chi connectivity index (χ3n) is 4.15. The Balaban J connectivity index is 5.17. The largest absolute Gasteiger partial charge is 0.479 e. The average Bonchev–Trinajstić information content (AvgIpc) is 2.50. The topological polar surface area (TPSA) is 93.1 Å². The molecule has 22 heavy (non-hydrogen) atoms. The highest BCUT2D eigenvalue weighted by Crippen LogP contribution is 2.31. The molecule has 130 valence electrons. The molecule has 0 aromatic heterocycles. The van der Waals surface area contributed by atoms with Crippen LogP contribution in [-0.4, -0.2) is 33.4 Å². The molecule has 2 atom stereocenters. The Morgan fingerprint density at radius 3 is 1.27 bits per heavy atom. The molecule has 2 unspecified atom stereocenters. The molecule has 2 N–H and O–H groups in total. The average molecular weight is 318 g/mol. The predicted molar refractivity (Wildman–Crippen MR) is 82.5 cm³/mol. The van der Waals surface area contributed by atoms with Gasteiger partial charge in [-0.15, -0.1) is 0 Å². The molecule has 0 aliphatic heterocycles. The zero-order valence-electron chi connectivity index (χ0n) is 14.2. The van der Waals surface area contributed by atoms with Crippen LogP contribution in [0.25, 0.3) is 0 Å². The molecule has 0 saturated heterocycles. The van der Waals surface area contributed by atoms with Crippen LogP contribution in [0.15, 0.2) is 0 Å². The highest BCUT2D eigenvalue weighted by molar-refractivity contribution is 5.78. The highest BCUT2D eigenvalue weighted by atomic mass is 17.2. The van der Waals surface area contributed by atoms with Crippen molar-refractivity contribution >= 4 is 11.9 Å². The maximum absolute atomic E-state index is 11.6. The molecule has 0 rings (SSSR count). The van der Waals surface area contributed by atoms with E-state index in [1.807, 2.05) is 13.8 Å². The molecule has 0 aromatic carbocycles. The molecule has 6 heteroatoms. The Morgan fingerprint density at radius 2 is 1.09 bits per heavy atom. The summed E-state index contributed by atoms with van der Waals surface area (Å²) in [7, 11) is 0. The molecule has 0 aliphatic rings. The van der Waals surface area contributed by atoms with Gasteiger partial charge in [-0.3, -0.25) is 0 Å². The van der Waals surface area contributed by atoms with E-state index >= 15 is 0 Å². The van der Waals surface area contributed by atoms with Crippen molar-refractivity contribution in [1.29, 1.82) is 0 Å². The molecule has 0 saturated carbocycles. The molecule has 0 bridgehead atoms. The van der Waals surface area contributed by atoms with Crippen molar-refractivity contribution in [2.75, 3.05) is 0 Å². The monoisotopic (exact) mass is 318 g/mol. The summed E-state index contributed by atoms with van der Waals surface area (Å²) in [5.41, 5.74) is -2.98. The van der Waals surface area contributed by atoms with E-state index in [0.717, 1.165) is 12.8 Å². The van der Waals surface area contributed by atoms with Crippen molar-refractivity contribution in [3.63, 3.8) is 0 Å². The lowest BCUT2D eigenvalue weighted by atomic mass is 9.93. The Morgan fingerprint density at radius 1 is 0.773 bits per heavy atom. The van der Waals surface area contributed by atoms with E-state index in [9.17, 15) is 19.8 Å². The van der Waals surface area contributed by atoms with Gasteiger partial charge in [0.25, 0.3) is 0 Å². The minimum atomic E-state index is -1.49. The summed E-state index contributed by atoms with van der Waals surface area (Å²) >= 11 is 0. The quantitative estimate of drug-likeness (QED) is 0.396. The Labute approximate surface area is 132 Å². The van der Waals surface area contributed by atoms with Gasteiger partial charge in [-0.2, -0.15) is 0 Å². The molecule has 0 aliphatic carbocycles. The van der Waals surface area contributed by atoms with Crippen molar-refractivity contribution in [3.05, 3.63) is 0 Å². The lowest BCUT2D eigenvalue weighted by molar-refractivity contribution is -0.403. The summed E-state index contributed by atoms with van der Waals surface area (Å²) in [5.74, 6) is -2.23. The molecule has 0 fully saturated rings. The van der Waals surface area contributed by atoms with E-state index < -0.39 is 23.1 Å². The summed E-state index contributed by atoms with van der Waals surface area (Å²) in [6.45, 7) is 7.32. The van der Waals surface area contributed by atoms with Gasteiger partial charge in [0.1, 0.15) is 0 Å². The summed E-state index contributed by atoms with van der Waals surface area (Å²) < 4.78 is 0. The first-order valence-corrected chi connectivity index (χ1v) is 8.17. The van der Waals surface area contributed by atoms with Crippen LogP contribution in [0.5, 0.6) is 0 Å². The zero-order chi connectivity index (χ0) is 17.2. The fourth-order valence-corrected chi connectivity index (χ4v) is 2.23. The van der Waals surface area contributed by atoms with Gasteiger partial charge < -0.3 is 10.2 Å². The number of carboxylic acid groups (broad SMARTS) is 2. The maximum atomic E-state index is 11.6. The second-order valence-electron chi connectivity index (χ2n) is 5.68. The lowest BCUT2D eigenvalue weighted by Gasteiger charge is -2.33. The van der Waals surface area contributed by atoms with Crippen LogP contribution in [0.3, 0.4) is 0 Å². The Kier molecular flexibility index (Phi) is 9.28. The van der Waals surface area contributed by atoms with Gasteiger partial charge in [0, 0.05) is 0 Å². The normalized spacial score (nSPS) is 16.7. The minimum Gasteiger partial charge on any atom is -0.479 e. The molecular formula is C16H30O6. The van der Waals surface area contributed by atoms with E-state index in [1.165, 1.54) is 0 Å². The van der Waals surface area contributed by atoms with E-state index in [-0.39, 0.29) is 12.8 Å². The van der Waals surface area contributed by atoms with E-state index in [2.05, 4.69) is 0 Å². The molecule has 0 amide bonds. The van der Waals surface area contributed by atoms with Gasteiger partial charge in [-0.05, 0) is 25.7 Å². The van der Waals surface area contributed by atoms with Crippen LogP contribution < -0.4 is 0 Å². The standard InChI is InChI=1S/C16H30O6/c1-5-9-11-15(7-3,13(17)18)21-22-16(8-4,14(19)20)12-10-6-2/h5-12H2,1-4H3,(H,17,18)(H,19,20). The smallest absolute Gasteiger partial charge is 0.339 e. The molecule has 0 spiro atoms. The van der Waals surface area contributed by atoms with Crippen molar-refractivity contribution in [1.82, 2.24) is 0 Å². The number of hydrogen-bond acceptors (Lipinski definition) is 4. The number of rotatable bonds is 13. The predicted octanol–water partition coefficient (Wildman–Crippen LogP) is 3.78. The fourth-order valence-electron chi connectivity index (χ4n) is 2.23. The number of aliphatic carboxylic acids is 2. The second kappa shape index (κ2) is 9.79. The zero-order valence-corrected chi connectivity index (χ0v) is 14.2. The Bertz CT molecular complexity index is 323. The van der Waals surface area contributed by atoms with Crippen LogP contribution >= 0.6 is 0 Å². The highest BCUT2D eigenvalue weighted by Gasteiger charge is 2.45. The van der Waals surface area contributed by atoms with Crippen molar-refractivity contribution < 1.29 is 29.6 Å². The van der Waals surface area contributed by atoms with Crippen molar-refractivity contribution in [3.8, 4) is 0 Å². The SMILES string of the molecule is CCCCC(CC)(OOC(CC)(CCCC)C(=O)O)C(=O)O. The van der Waals surface area contributed by atoms with Gasteiger partial charge in [0.05, 0.1) is 0 Å². The van der Waals surface area contributed by atoms with Crippen LogP contribution in [0.1, 0.15) is 79.1 Å². The molecule has 0 heterocycles. The summed E-state index contributed by atoms with van der Waals surface area (Å²) in [6.07, 6.45) is 4.02. The van der Waals surface area contributed by atoms with Gasteiger partial charge in [-0.1, -0.05) is 53.4 Å². The third kappa shape index (κ3) is 5.25. The minimum absolute atomic E-state index is 0.218. The van der Waals surface area contributed by atoms with Crippen molar-refractivity contribution in [2.45, 2.75) is 90.3 Å². The van der Waals surface area contributed by atoms with Crippen LogP contribution in [0.2, 0.25) is 0 Å². The number of carbonyl (C=O) groups is 2. The molecule has 0 aromatic rings. The second-order valence-corrected chi connectivity index (χ2v) is 5.68. The lowest BCUT2D eigenvalue weighted by Crippen LogP contribution is -2.48. The first-order chi connectivity index (χ1) is 10.3. The van der Waals surface area contributed by atoms with Crippen LogP contribution in [0, 0.1) is 0 Å². The van der Waals surface area contributed by atoms with Gasteiger partial charge in [0.15, 0.2) is 11.2 Å². The van der Waals surface area contributed by atoms with E-state index in [4.69, 9.17) is 9.78 Å². The fraction of sp³-hybridized carbons (Fsp3) is 0.875. The summed E-state index contributed by atoms with van der Waals surface area (Å²) in [5, 5.41) is 19.0. The van der Waals surface area contributed by atoms with Crippen molar-refractivity contribution in [2.24, 2.45) is 0 Å². The van der Waals surface area contributed by atoms with Crippen LogP contribution in [0.4, 0.5) is 0 Å². The van der Waals surface area contributed by atoms with Gasteiger partial charge in [-0.25, -0.2) is 19.4 Å². The maximum Gasteiger partial charge on any atom is 0.339 e. The number of carboxylic acids is 2. The van der Waals surface area contributed by atoms with E-state index in [1.54, 1.807) is 13.8 Å². The first kappa shape index (κ1) is 20.9. The van der Waals surface area contributed by atoms with Gasteiger partial charge in [0.2, 0.25) is 0 Å².